The van der Waals surface area contributed by atoms with Crippen molar-refractivity contribution in [2.24, 2.45) is 0 Å². The Morgan fingerprint density at radius 3 is 2.69 bits per heavy atom. The van der Waals surface area contributed by atoms with Crippen molar-refractivity contribution < 1.29 is 17.9 Å². The molecule has 1 atom stereocenters. The van der Waals surface area contributed by atoms with Crippen LogP contribution in [-0.2, 0) is 10.0 Å². The van der Waals surface area contributed by atoms with Crippen LogP contribution in [0.15, 0.2) is 41.3 Å². The number of nitrogens with zero attached hydrogens (tertiary/aromatic N) is 1. The van der Waals surface area contributed by atoms with E-state index in [1.54, 1.807) is 6.07 Å². The number of sulfonamides is 1. The maximum absolute atomic E-state index is 12.7. The van der Waals surface area contributed by atoms with Crippen molar-refractivity contribution >= 4 is 10.0 Å². The van der Waals surface area contributed by atoms with Gasteiger partial charge in [-0.05, 0) is 68.1 Å². The summed E-state index contributed by atoms with van der Waals surface area (Å²) in [7, 11) is -3.51. The van der Waals surface area contributed by atoms with E-state index in [1.165, 1.54) is 5.56 Å². The molecule has 1 fully saturated rings. The quantitative estimate of drug-likeness (QED) is 0.783. The van der Waals surface area contributed by atoms with Crippen molar-refractivity contribution in [3.63, 3.8) is 0 Å². The third-order valence-electron chi connectivity index (χ3n) is 5.64. The molecule has 0 aliphatic carbocycles. The number of aryl methyl sites for hydroxylation is 2. The Kier molecular flexibility index (Phi) is 5.81. The average Bonchev–Trinajstić information content (AvgIpc) is 3.17. The number of likely N-dealkylation sites (tertiary alicyclic amines) is 1. The van der Waals surface area contributed by atoms with Gasteiger partial charge in [0.15, 0.2) is 11.5 Å². The van der Waals surface area contributed by atoms with E-state index < -0.39 is 10.0 Å². The molecule has 1 N–H and O–H groups in total. The van der Waals surface area contributed by atoms with Crippen LogP contribution in [0.25, 0.3) is 0 Å². The van der Waals surface area contributed by atoms with Crippen molar-refractivity contribution in [2.75, 3.05) is 32.8 Å². The molecular formula is C22H28N2O4S. The predicted octanol–water partition coefficient (Wildman–Crippen LogP) is 3.19. The molecule has 0 aromatic heterocycles. The number of rotatable bonds is 6. The van der Waals surface area contributed by atoms with Crippen molar-refractivity contribution in [2.45, 2.75) is 37.6 Å². The topological polar surface area (TPSA) is 67.9 Å². The third-order valence-corrected chi connectivity index (χ3v) is 7.24. The van der Waals surface area contributed by atoms with Gasteiger partial charge in [-0.15, -0.1) is 0 Å². The summed E-state index contributed by atoms with van der Waals surface area (Å²) in [6.45, 7) is 6.91. The second kappa shape index (κ2) is 8.34. The highest BCUT2D eigenvalue weighted by atomic mass is 32.2. The van der Waals surface area contributed by atoms with Gasteiger partial charge >= 0.3 is 0 Å². The summed E-state index contributed by atoms with van der Waals surface area (Å²) in [4.78, 5) is 2.71. The summed E-state index contributed by atoms with van der Waals surface area (Å²) < 4.78 is 39.6. The van der Waals surface area contributed by atoms with Crippen LogP contribution in [0.3, 0.4) is 0 Å². The molecule has 0 radical (unpaired) electrons. The molecule has 2 aliphatic heterocycles. The molecule has 0 spiro atoms. The summed E-state index contributed by atoms with van der Waals surface area (Å²) >= 11 is 0. The van der Waals surface area contributed by atoms with Crippen LogP contribution in [-0.4, -0.2) is 46.2 Å². The highest BCUT2D eigenvalue weighted by Crippen LogP contribution is 2.37. The van der Waals surface area contributed by atoms with E-state index in [1.807, 2.05) is 32.0 Å². The molecule has 7 heteroatoms. The number of ether oxygens (including phenoxy) is 2. The van der Waals surface area contributed by atoms with Crippen molar-refractivity contribution in [1.82, 2.24) is 9.62 Å². The van der Waals surface area contributed by atoms with Crippen molar-refractivity contribution in [1.29, 1.82) is 0 Å². The Bertz CT molecular complexity index is 990. The second-order valence-electron chi connectivity index (χ2n) is 7.76. The van der Waals surface area contributed by atoms with E-state index in [0.29, 0.717) is 31.2 Å². The highest BCUT2D eigenvalue weighted by Gasteiger charge is 2.27. The summed E-state index contributed by atoms with van der Waals surface area (Å²) in [5.41, 5.74) is 2.90. The van der Waals surface area contributed by atoms with E-state index in [2.05, 4.69) is 21.8 Å². The zero-order valence-electron chi connectivity index (χ0n) is 17.0. The Hall–Kier alpha value is -2.09. The lowest BCUT2D eigenvalue weighted by Gasteiger charge is -2.26. The maximum Gasteiger partial charge on any atom is 0.240 e. The molecule has 156 valence electrons. The van der Waals surface area contributed by atoms with Crippen molar-refractivity contribution in [3.8, 4) is 11.5 Å². The van der Waals surface area contributed by atoms with Gasteiger partial charge in [-0.2, -0.15) is 0 Å². The first-order chi connectivity index (χ1) is 13.9. The maximum atomic E-state index is 12.7. The Morgan fingerprint density at radius 1 is 1.07 bits per heavy atom. The molecule has 1 unspecified atom stereocenters. The molecule has 1 saturated heterocycles. The summed E-state index contributed by atoms with van der Waals surface area (Å²) in [5.74, 6) is 1.60. The lowest BCUT2D eigenvalue weighted by Crippen LogP contribution is -2.35. The predicted molar refractivity (Wildman–Crippen MR) is 112 cm³/mol. The molecule has 2 aromatic rings. The van der Waals surface area contributed by atoms with Gasteiger partial charge in [-0.3, -0.25) is 4.90 Å². The zero-order valence-corrected chi connectivity index (χ0v) is 17.8. The molecule has 29 heavy (non-hydrogen) atoms. The summed E-state index contributed by atoms with van der Waals surface area (Å²) in [6.07, 6.45) is 2.16. The Balaban J connectivity index is 1.41. The fraction of sp³-hybridized carbons (Fsp3) is 0.455. The minimum atomic E-state index is -3.51. The number of benzene rings is 2. The molecule has 2 aromatic carbocycles. The van der Waals surface area contributed by atoms with Gasteiger partial charge in [0.05, 0.1) is 4.90 Å². The number of hydrogen-bond donors (Lipinski definition) is 1. The van der Waals surface area contributed by atoms with E-state index >= 15 is 0 Å². The van der Waals surface area contributed by atoms with Crippen LogP contribution in [0.1, 0.15) is 35.6 Å². The monoisotopic (exact) mass is 416 g/mol. The lowest BCUT2D eigenvalue weighted by molar-refractivity contribution is 0.170. The minimum absolute atomic E-state index is 0.274. The molecule has 6 nitrogen and oxygen atoms in total. The van der Waals surface area contributed by atoms with E-state index in [9.17, 15) is 8.42 Å². The molecular weight excluding hydrogens is 388 g/mol. The van der Waals surface area contributed by atoms with E-state index in [4.69, 9.17) is 9.47 Å². The standard InChI is InChI=1S/C22H28N2O4S/c1-16-5-6-17(2)22(14-16)29(25,26)23-9-11-24-10-3-4-19(24)18-7-8-20-21(15-18)28-13-12-27-20/h5-8,14-15,19,23H,3-4,9-13H2,1-2H3. The highest BCUT2D eigenvalue weighted by molar-refractivity contribution is 7.89. The van der Waals surface area contributed by atoms with Crippen molar-refractivity contribution in [3.05, 3.63) is 53.1 Å². The van der Waals surface area contributed by atoms with Crippen LogP contribution in [0.5, 0.6) is 11.5 Å². The first kappa shape index (κ1) is 20.2. The summed E-state index contributed by atoms with van der Waals surface area (Å²) in [5, 5.41) is 0. The molecule has 0 amide bonds. The molecule has 2 aliphatic rings. The average molecular weight is 417 g/mol. The fourth-order valence-electron chi connectivity index (χ4n) is 4.14. The van der Waals surface area contributed by atoms with Gasteiger partial charge in [0.2, 0.25) is 10.0 Å². The normalized spacial score (nSPS) is 19.4. The fourth-order valence-corrected chi connectivity index (χ4v) is 5.49. The van der Waals surface area contributed by atoms with Crippen LogP contribution < -0.4 is 14.2 Å². The van der Waals surface area contributed by atoms with E-state index in [0.717, 1.165) is 42.0 Å². The molecule has 0 bridgehead atoms. The van der Waals surface area contributed by atoms with Gasteiger partial charge in [-0.1, -0.05) is 18.2 Å². The summed E-state index contributed by atoms with van der Waals surface area (Å²) in [6, 6.07) is 11.9. The van der Waals surface area contributed by atoms with Gasteiger partial charge in [0.25, 0.3) is 0 Å². The largest absolute Gasteiger partial charge is 0.486 e. The number of hydrogen-bond acceptors (Lipinski definition) is 5. The van der Waals surface area contributed by atoms with E-state index in [-0.39, 0.29) is 6.04 Å². The number of nitrogens with one attached hydrogen (secondary N) is 1. The Labute approximate surface area is 172 Å². The molecule has 2 heterocycles. The first-order valence-corrected chi connectivity index (χ1v) is 11.6. The second-order valence-corrected chi connectivity index (χ2v) is 9.50. The molecule has 0 saturated carbocycles. The van der Waals surface area contributed by atoms with Gasteiger partial charge in [0, 0.05) is 19.1 Å². The number of fused-ring (bicyclic) bond motifs is 1. The van der Waals surface area contributed by atoms with Crippen LogP contribution in [0.4, 0.5) is 0 Å². The lowest BCUT2D eigenvalue weighted by atomic mass is 10.0. The third kappa shape index (κ3) is 4.42. The van der Waals surface area contributed by atoms with Crippen LogP contribution in [0.2, 0.25) is 0 Å². The van der Waals surface area contributed by atoms with Gasteiger partial charge in [-0.25, -0.2) is 13.1 Å². The smallest absolute Gasteiger partial charge is 0.240 e. The van der Waals surface area contributed by atoms with Gasteiger partial charge < -0.3 is 9.47 Å². The van der Waals surface area contributed by atoms with Crippen LogP contribution in [0, 0.1) is 13.8 Å². The SMILES string of the molecule is Cc1ccc(C)c(S(=O)(=O)NCCN2CCCC2c2ccc3c(c2)OCCO3)c1. The minimum Gasteiger partial charge on any atom is -0.486 e. The Morgan fingerprint density at radius 2 is 1.86 bits per heavy atom. The first-order valence-electron chi connectivity index (χ1n) is 10.1. The van der Waals surface area contributed by atoms with Crippen LogP contribution >= 0.6 is 0 Å². The van der Waals surface area contributed by atoms with Gasteiger partial charge in [0.1, 0.15) is 13.2 Å². The zero-order chi connectivity index (χ0) is 20.4. The molecule has 4 rings (SSSR count).